The van der Waals surface area contributed by atoms with Crippen LogP contribution in [0, 0.1) is 0 Å². The molecule has 1 unspecified atom stereocenters. The molecular formula is C21H32ClN3O3S. The van der Waals surface area contributed by atoms with Crippen molar-refractivity contribution in [2.75, 3.05) is 13.1 Å². The Morgan fingerprint density at radius 3 is 2.45 bits per heavy atom. The Hall–Kier alpha value is -1.31. The SMILES string of the molecule is O=C(NCC1CCCCN1S(=O)(=O)c1cccc(Cl)c1)NC1CCCCCCC1. The van der Waals surface area contributed by atoms with Crippen molar-refractivity contribution in [1.29, 1.82) is 0 Å². The van der Waals surface area contributed by atoms with Crippen LogP contribution >= 0.6 is 11.6 Å². The summed E-state index contributed by atoms with van der Waals surface area (Å²) in [5, 5.41) is 6.40. The maximum Gasteiger partial charge on any atom is 0.315 e. The predicted molar refractivity (Wildman–Crippen MR) is 116 cm³/mol. The smallest absolute Gasteiger partial charge is 0.315 e. The molecule has 8 heteroatoms. The Labute approximate surface area is 179 Å². The van der Waals surface area contributed by atoms with Crippen LogP contribution in [0.4, 0.5) is 4.79 Å². The van der Waals surface area contributed by atoms with Gasteiger partial charge in [0.1, 0.15) is 0 Å². The quantitative estimate of drug-likeness (QED) is 0.715. The molecule has 2 N–H and O–H groups in total. The number of urea groups is 1. The fraction of sp³-hybridized carbons (Fsp3) is 0.667. The molecule has 0 aromatic heterocycles. The van der Waals surface area contributed by atoms with Crippen molar-refractivity contribution < 1.29 is 13.2 Å². The van der Waals surface area contributed by atoms with Gasteiger partial charge in [0.05, 0.1) is 4.90 Å². The molecule has 1 aliphatic carbocycles. The molecule has 162 valence electrons. The number of carbonyl (C=O) groups is 1. The van der Waals surface area contributed by atoms with Crippen molar-refractivity contribution in [3.05, 3.63) is 29.3 Å². The maximum absolute atomic E-state index is 13.1. The molecular weight excluding hydrogens is 410 g/mol. The summed E-state index contributed by atoms with van der Waals surface area (Å²) in [5.74, 6) is 0. The van der Waals surface area contributed by atoms with E-state index in [1.807, 2.05) is 0 Å². The van der Waals surface area contributed by atoms with E-state index in [2.05, 4.69) is 10.6 Å². The van der Waals surface area contributed by atoms with Gasteiger partial charge in [0.2, 0.25) is 10.0 Å². The van der Waals surface area contributed by atoms with E-state index in [1.165, 1.54) is 29.6 Å². The van der Waals surface area contributed by atoms with Gasteiger partial charge in [-0.1, -0.05) is 56.2 Å². The van der Waals surface area contributed by atoms with E-state index in [1.54, 1.807) is 18.2 Å². The molecule has 2 aliphatic rings. The Morgan fingerprint density at radius 2 is 1.72 bits per heavy atom. The second kappa shape index (κ2) is 10.6. The maximum atomic E-state index is 13.1. The van der Waals surface area contributed by atoms with E-state index >= 15 is 0 Å². The highest BCUT2D eigenvalue weighted by Gasteiger charge is 2.33. The summed E-state index contributed by atoms with van der Waals surface area (Å²) in [6.07, 6.45) is 10.6. The number of nitrogens with zero attached hydrogens (tertiary/aromatic N) is 1. The fourth-order valence-corrected chi connectivity index (χ4v) is 6.30. The number of carbonyl (C=O) groups excluding carboxylic acids is 1. The number of halogens is 1. The summed E-state index contributed by atoms with van der Waals surface area (Å²) in [5.41, 5.74) is 0. The zero-order chi connectivity index (χ0) is 20.7. The first-order valence-electron chi connectivity index (χ1n) is 10.8. The van der Waals surface area contributed by atoms with E-state index in [-0.39, 0.29) is 23.0 Å². The van der Waals surface area contributed by atoms with Crippen molar-refractivity contribution in [1.82, 2.24) is 14.9 Å². The summed E-state index contributed by atoms with van der Waals surface area (Å²) in [7, 11) is -3.64. The molecule has 29 heavy (non-hydrogen) atoms. The molecule has 1 aliphatic heterocycles. The van der Waals surface area contributed by atoms with E-state index < -0.39 is 10.0 Å². The Kier molecular flexibility index (Phi) is 8.21. The lowest BCUT2D eigenvalue weighted by atomic mass is 9.97. The average Bonchev–Trinajstić information content (AvgIpc) is 2.68. The van der Waals surface area contributed by atoms with Crippen LogP contribution in [-0.2, 0) is 10.0 Å². The highest BCUT2D eigenvalue weighted by molar-refractivity contribution is 7.89. The second-order valence-corrected chi connectivity index (χ2v) is 10.4. The molecule has 2 amide bonds. The topological polar surface area (TPSA) is 78.5 Å². The molecule has 2 fully saturated rings. The van der Waals surface area contributed by atoms with Crippen LogP contribution in [-0.4, -0.2) is 43.9 Å². The second-order valence-electron chi connectivity index (χ2n) is 8.12. The third-order valence-corrected chi connectivity index (χ3v) is 8.10. The lowest BCUT2D eigenvalue weighted by molar-refractivity contribution is 0.219. The third-order valence-electron chi connectivity index (χ3n) is 5.91. The number of rotatable bonds is 5. The Bertz CT molecular complexity index is 779. The van der Waals surface area contributed by atoms with Crippen molar-refractivity contribution in [3.8, 4) is 0 Å². The Balaban J connectivity index is 1.59. The summed E-state index contributed by atoms with van der Waals surface area (Å²) in [6, 6.07) is 6.15. The highest BCUT2D eigenvalue weighted by Crippen LogP contribution is 2.26. The lowest BCUT2D eigenvalue weighted by Crippen LogP contribution is -2.51. The van der Waals surface area contributed by atoms with Crippen LogP contribution in [0.25, 0.3) is 0 Å². The highest BCUT2D eigenvalue weighted by atomic mass is 35.5. The number of piperidine rings is 1. The molecule has 1 saturated carbocycles. The van der Waals surface area contributed by atoms with Crippen LogP contribution in [0.3, 0.4) is 0 Å². The molecule has 1 saturated heterocycles. The molecule has 0 radical (unpaired) electrons. The van der Waals surface area contributed by atoms with E-state index in [0.717, 1.165) is 44.9 Å². The zero-order valence-electron chi connectivity index (χ0n) is 16.9. The number of benzene rings is 1. The largest absolute Gasteiger partial charge is 0.337 e. The van der Waals surface area contributed by atoms with Gasteiger partial charge >= 0.3 is 6.03 Å². The van der Waals surface area contributed by atoms with Crippen LogP contribution in [0.5, 0.6) is 0 Å². The number of hydrogen-bond donors (Lipinski definition) is 2. The number of sulfonamides is 1. The van der Waals surface area contributed by atoms with Crippen molar-refractivity contribution in [2.24, 2.45) is 0 Å². The molecule has 0 spiro atoms. The summed E-state index contributed by atoms with van der Waals surface area (Å²) in [4.78, 5) is 12.6. The van der Waals surface area contributed by atoms with Gasteiger partial charge in [0.15, 0.2) is 0 Å². The van der Waals surface area contributed by atoms with Crippen LogP contribution < -0.4 is 10.6 Å². The minimum absolute atomic E-state index is 0.193. The van der Waals surface area contributed by atoms with Crippen LogP contribution in [0.15, 0.2) is 29.2 Å². The number of amides is 2. The lowest BCUT2D eigenvalue weighted by Gasteiger charge is -2.35. The van der Waals surface area contributed by atoms with Gasteiger partial charge < -0.3 is 10.6 Å². The van der Waals surface area contributed by atoms with Gasteiger partial charge in [-0.15, -0.1) is 0 Å². The van der Waals surface area contributed by atoms with Gasteiger partial charge in [-0.25, -0.2) is 13.2 Å². The van der Waals surface area contributed by atoms with Gasteiger partial charge in [0, 0.05) is 30.2 Å². The van der Waals surface area contributed by atoms with Crippen molar-refractivity contribution >= 4 is 27.7 Å². The predicted octanol–water partition coefficient (Wildman–Crippen LogP) is 4.30. The fourth-order valence-electron chi connectivity index (χ4n) is 4.30. The molecule has 1 heterocycles. The first-order chi connectivity index (χ1) is 14.0. The van der Waals surface area contributed by atoms with Crippen LogP contribution in [0.2, 0.25) is 5.02 Å². The van der Waals surface area contributed by atoms with E-state index in [9.17, 15) is 13.2 Å². The monoisotopic (exact) mass is 441 g/mol. The Morgan fingerprint density at radius 1 is 1.03 bits per heavy atom. The van der Waals surface area contributed by atoms with Gasteiger partial charge in [-0.3, -0.25) is 0 Å². The zero-order valence-corrected chi connectivity index (χ0v) is 18.5. The molecule has 1 atom stereocenters. The molecule has 0 bridgehead atoms. The molecule has 6 nitrogen and oxygen atoms in total. The summed E-state index contributed by atoms with van der Waals surface area (Å²) >= 11 is 6.00. The average molecular weight is 442 g/mol. The standard InChI is InChI=1S/C21H32ClN3O3S/c22-17-9-8-13-20(15-17)29(27,28)25-14-7-6-12-19(25)16-23-21(26)24-18-10-4-2-1-3-5-11-18/h8-9,13,15,18-19H,1-7,10-12,14,16H2,(H2,23,24,26). The van der Waals surface area contributed by atoms with E-state index in [0.29, 0.717) is 18.1 Å². The minimum atomic E-state index is -3.64. The van der Waals surface area contributed by atoms with Crippen LogP contribution in [0.1, 0.15) is 64.2 Å². The molecule has 1 aromatic rings. The van der Waals surface area contributed by atoms with E-state index in [4.69, 9.17) is 11.6 Å². The van der Waals surface area contributed by atoms with Gasteiger partial charge in [0.25, 0.3) is 0 Å². The van der Waals surface area contributed by atoms with Gasteiger partial charge in [-0.05, 0) is 43.9 Å². The van der Waals surface area contributed by atoms with Crippen molar-refractivity contribution in [2.45, 2.75) is 81.2 Å². The first kappa shape index (κ1) is 22.4. The number of nitrogens with one attached hydrogen (secondary N) is 2. The van der Waals surface area contributed by atoms with Gasteiger partial charge in [-0.2, -0.15) is 4.31 Å². The third kappa shape index (κ3) is 6.33. The summed E-state index contributed by atoms with van der Waals surface area (Å²) < 4.78 is 27.8. The summed E-state index contributed by atoms with van der Waals surface area (Å²) in [6.45, 7) is 0.782. The first-order valence-corrected chi connectivity index (χ1v) is 12.6. The molecule has 3 rings (SSSR count). The minimum Gasteiger partial charge on any atom is -0.337 e. The molecule has 1 aromatic carbocycles. The van der Waals surface area contributed by atoms with Crippen molar-refractivity contribution in [3.63, 3.8) is 0 Å². The normalized spacial score (nSPS) is 22.4. The number of hydrogen-bond acceptors (Lipinski definition) is 3.